The van der Waals surface area contributed by atoms with E-state index in [0.717, 1.165) is 5.56 Å². The third-order valence-electron chi connectivity index (χ3n) is 5.27. The van der Waals surface area contributed by atoms with Gasteiger partial charge in [0.2, 0.25) is 0 Å². The minimum atomic E-state index is -0.250. The van der Waals surface area contributed by atoms with Gasteiger partial charge in [0.25, 0.3) is 0 Å². The third-order valence-corrected chi connectivity index (χ3v) is 5.27. The monoisotopic (exact) mass is 386 g/mol. The van der Waals surface area contributed by atoms with Crippen molar-refractivity contribution in [1.29, 1.82) is 0 Å². The maximum Gasteiger partial charge on any atom is 0.168 e. The Bertz CT molecular complexity index is 825. The number of rotatable bonds is 7. The molecule has 0 aliphatic carbocycles. The Kier molecular flexibility index (Phi) is 6.09. The second-order valence-electron chi connectivity index (χ2n) is 6.80. The van der Waals surface area contributed by atoms with Gasteiger partial charge in [-0.05, 0) is 41.8 Å². The molecule has 2 aromatic rings. The fourth-order valence-electron chi connectivity index (χ4n) is 3.63. The summed E-state index contributed by atoms with van der Waals surface area (Å²) in [7, 11) is 6.35. The van der Waals surface area contributed by atoms with E-state index in [-0.39, 0.29) is 23.7 Å². The van der Waals surface area contributed by atoms with Gasteiger partial charge >= 0.3 is 0 Å². The maximum atomic E-state index is 13.1. The molecule has 0 radical (unpaired) electrons. The molecule has 3 atom stereocenters. The topological polar surface area (TPSA) is 63.2 Å². The molecule has 0 saturated carbocycles. The summed E-state index contributed by atoms with van der Waals surface area (Å²) < 4.78 is 27.3. The Labute approximate surface area is 165 Å². The lowest BCUT2D eigenvalue weighted by Gasteiger charge is -2.20. The van der Waals surface area contributed by atoms with Crippen LogP contribution in [0.4, 0.5) is 0 Å². The number of hydrogen-bond donors (Lipinski definition) is 0. The normalized spacial score (nSPS) is 21.2. The average molecular weight is 386 g/mol. The van der Waals surface area contributed by atoms with Gasteiger partial charge in [-0.15, -0.1) is 0 Å². The first-order chi connectivity index (χ1) is 13.5. The fraction of sp³-hybridized carbons (Fsp3) is 0.409. The predicted molar refractivity (Wildman–Crippen MR) is 105 cm³/mol. The van der Waals surface area contributed by atoms with E-state index in [2.05, 4.69) is 0 Å². The van der Waals surface area contributed by atoms with Gasteiger partial charge in [0, 0.05) is 11.6 Å². The van der Waals surface area contributed by atoms with Gasteiger partial charge in [0.1, 0.15) is 11.5 Å². The molecule has 3 rings (SSSR count). The highest BCUT2D eigenvalue weighted by molar-refractivity contribution is 5.99. The zero-order valence-corrected chi connectivity index (χ0v) is 16.9. The van der Waals surface area contributed by atoms with Crippen LogP contribution in [0.25, 0.3) is 0 Å². The second-order valence-corrected chi connectivity index (χ2v) is 6.80. The van der Waals surface area contributed by atoms with Gasteiger partial charge in [-0.3, -0.25) is 4.79 Å². The van der Waals surface area contributed by atoms with Gasteiger partial charge in [0.05, 0.1) is 47.1 Å². The van der Waals surface area contributed by atoms with Crippen LogP contribution in [0.2, 0.25) is 0 Å². The molecule has 1 heterocycles. The van der Waals surface area contributed by atoms with Gasteiger partial charge in [-0.1, -0.05) is 6.92 Å². The molecule has 2 aromatic carbocycles. The number of benzene rings is 2. The smallest absolute Gasteiger partial charge is 0.168 e. The average Bonchev–Trinajstić information content (AvgIpc) is 3.13. The van der Waals surface area contributed by atoms with E-state index < -0.39 is 0 Å². The first kappa shape index (κ1) is 20.0. The first-order valence-corrected chi connectivity index (χ1v) is 9.13. The number of methoxy groups -OCH3 is 4. The summed E-state index contributed by atoms with van der Waals surface area (Å²) in [5.74, 6) is 2.30. The van der Waals surface area contributed by atoms with Crippen molar-refractivity contribution in [2.75, 3.05) is 35.0 Å². The van der Waals surface area contributed by atoms with Crippen LogP contribution in [0.5, 0.6) is 23.0 Å². The Hall–Kier alpha value is -2.73. The van der Waals surface area contributed by atoms with Gasteiger partial charge < -0.3 is 23.7 Å². The van der Waals surface area contributed by atoms with Crippen molar-refractivity contribution in [3.63, 3.8) is 0 Å². The maximum absolute atomic E-state index is 13.1. The zero-order valence-electron chi connectivity index (χ0n) is 16.9. The van der Waals surface area contributed by atoms with Crippen LogP contribution in [0, 0.1) is 11.8 Å². The SMILES string of the molecule is COc1cc(OC)cc([C@@H]2OC[C@H](C(=O)c3ccc(OC)c(OC)c3)[C@H]2C)c1. The molecule has 0 bridgehead atoms. The molecule has 1 saturated heterocycles. The van der Waals surface area contributed by atoms with Crippen molar-refractivity contribution in [3.05, 3.63) is 47.5 Å². The molecule has 0 spiro atoms. The molecule has 0 aromatic heterocycles. The lowest BCUT2D eigenvalue weighted by molar-refractivity contribution is 0.0855. The molecule has 1 fully saturated rings. The summed E-state index contributed by atoms with van der Waals surface area (Å²) in [6.07, 6.45) is -0.210. The van der Waals surface area contributed by atoms with Crippen LogP contribution >= 0.6 is 0 Å². The quantitative estimate of drug-likeness (QED) is 0.672. The van der Waals surface area contributed by atoms with Crippen molar-refractivity contribution < 1.29 is 28.5 Å². The summed E-state index contributed by atoms with van der Waals surface area (Å²) in [5, 5.41) is 0. The first-order valence-electron chi connectivity index (χ1n) is 9.13. The highest BCUT2D eigenvalue weighted by Crippen LogP contribution is 2.42. The molecule has 0 N–H and O–H groups in total. The lowest BCUT2D eigenvalue weighted by atomic mass is 9.84. The van der Waals surface area contributed by atoms with E-state index in [4.69, 9.17) is 23.7 Å². The predicted octanol–water partition coefficient (Wildman–Crippen LogP) is 3.93. The van der Waals surface area contributed by atoms with E-state index in [9.17, 15) is 4.79 Å². The zero-order chi connectivity index (χ0) is 20.3. The molecule has 0 unspecified atom stereocenters. The van der Waals surface area contributed by atoms with Crippen LogP contribution in [-0.4, -0.2) is 40.8 Å². The van der Waals surface area contributed by atoms with Crippen LogP contribution in [0.1, 0.15) is 28.9 Å². The van der Waals surface area contributed by atoms with Gasteiger partial charge in [-0.2, -0.15) is 0 Å². The fourth-order valence-corrected chi connectivity index (χ4v) is 3.63. The summed E-state index contributed by atoms with van der Waals surface area (Å²) in [5.41, 5.74) is 1.52. The number of carbonyl (C=O) groups excluding carboxylic acids is 1. The number of carbonyl (C=O) groups is 1. The summed E-state index contributed by atoms with van der Waals surface area (Å²) in [4.78, 5) is 13.1. The van der Waals surface area contributed by atoms with Gasteiger partial charge in [-0.25, -0.2) is 0 Å². The van der Waals surface area contributed by atoms with Crippen molar-refractivity contribution >= 4 is 5.78 Å². The van der Waals surface area contributed by atoms with E-state index in [1.165, 1.54) is 0 Å². The highest BCUT2D eigenvalue weighted by Gasteiger charge is 2.40. The molecule has 150 valence electrons. The van der Waals surface area contributed by atoms with Crippen molar-refractivity contribution in [2.45, 2.75) is 13.0 Å². The van der Waals surface area contributed by atoms with E-state index >= 15 is 0 Å². The molecular formula is C22H26O6. The molecule has 0 amide bonds. The van der Waals surface area contributed by atoms with E-state index in [0.29, 0.717) is 35.2 Å². The molecule has 28 heavy (non-hydrogen) atoms. The summed E-state index contributed by atoms with van der Waals surface area (Å²) in [6.45, 7) is 2.39. The molecular weight excluding hydrogens is 360 g/mol. The number of ether oxygens (including phenoxy) is 5. The molecule has 1 aliphatic rings. The van der Waals surface area contributed by atoms with Crippen molar-refractivity contribution in [1.82, 2.24) is 0 Å². The Morgan fingerprint density at radius 2 is 1.54 bits per heavy atom. The Morgan fingerprint density at radius 1 is 0.893 bits per heavy atom. The van der Waals surface area contributed by atoms with Crippen LogP contribution in [-0.2, 0) is 4.74 Å². The van der Waals surface area contributed by atoms with Crippen molar-refractivity contribution in [3.8, 4) is 23.0 Å². The van der Waals surface area contributed by atoms with Crippen LogP contribution in [0.15, 0.2) is 36.4 Å². The second kappa shape index (κ2) is 8.52. The van der Waals surface area contributed by atoms with Crippen LogP contribution < -0.4 is 18.9 Å². The number of Topliss-reactive ketones (excluding diaryl/α,β-unsaturated/α-hetero) is 1. The van der Waals surface area contributed by atoms with Gasteiger partial charge in [0.15, 0.2) is 17.3 Å². The van der Waals surface area contributed by atoms with Crippen LogP contribution in [0.3, 0.4) is 0 Å². The largest absolute Gasteiger partial charge is 0.497 e. The summed E-state index contributed by atoms with van der Waals surface area (Å²) in [6, 6.07) is 10.9. The number of ketones is 1. The summed E-state index contributed by atoms with van der Waals surface area (Å²) >= 11 is 0. The van der Waals surface area contributed by atoms with Crippen molar-refractivity contribution in [2.24, 2.45) is 11.8 Å². The van der Waals surface area contributed by atoms with E-state index in [1.807, 2.05) is 25.1 Å². The minimum Gasteiger partial charge on any atom is -0.497 e. The molecule has 1 aliphatic heterocycles. The minimum absolute atomic E-state index is 0.00240. The third kappa shape index (κ3) is 3.78. The molecule has 6 heteroatoms. The Morgan fingerprint density at radius 3 is 2.11 bits per heavy atom. The standard InChI is InChI=1S/C22H26O6/c1-13-18(21(23)14-6-7-19(26-4)20(10-14)27-5)12-28-22(13)15-8-16(24-2)11-17(9-15)25-3/h6-11,13,18,22H,12H2,1-5H3/t13-,18+,22-/m1/s1. The number of hydrogen-bond acceptors (Lipinski definition) is 6. The molecule has 6 nitrogen and oxygen atoms in total. The lowest BCUT2D eigenvalue weighted by Crippen LogP contribution is -2.21. The highest BCUT2D eigenvalue weighted by atomic mass is 16.5. The Balaban J connectivity index is 1.84. The van der Waals surface area contributed by atoms with E-state index in [1.54, 1.807) is 46.6 Å².